The van der Waals surface area contributed by atoms with Crippen molar-refractivity contribution in [1.29, 1.82) is 0 Å². The molecule has 1 aromatic rings. The number of ketones is 1. The highest BCUT2D eigenvalue weighted by Gasteiger charge is 2.77. The fraction of sp³-hybridized carbons (Fsp3) is 0.630. The number of ether oxygens (including phenoxy) is 3. The number of carbonyl (C=O) groups is 4. The second-order valence-electron chi connectivity index (χ2n) is 11.7. The van der Waals surface area contributed by atoms with E-state index in [-0.39, 0.29) is 16.2 Å². The number of carbonyl (C=O) groups excluding carboxylic acids is 4. The van der Waals surface area contributed by atoms with E-state index in [0.717, 1.165) is 12.1 Å². The average molecular weight is 651 g/mol. The molecule has 2 amide bonds. The molecule has 1 aliphatic carbocycles. The fourth-order valence-corrected chi connectivity index (χ4v) is 5.52. The summed E-state index contributed by atoms with van der Waals surface area (Å²) in [6.45, 7) is 9.45. The Morgan fingerprint density at radius 1 is 0.955 bits per heavy atom. The topological polar surface area (TPSA) is 178 Å². The van der Waals surface area contributed by atoms with Crippen molar-refractivity contribution in [2.45, 2.75) is 90.8 Å². The molecule has 14 nitrogen and oxygen atoms in total. The highest BCUT2D eigenvalue weighted by molar-refractivity contribution is 7.56. The number of halogens is 2. The lowest BCUT2D eigenvalue weighted by atomic mass is 10.1. The minimum atomic E-state index is -5.44. The van der Waals surface area contributed by atoms with E-state index in [0.29, 0.717) is 0 Å². The van der Waals surface area contributed by atoms with E-state index in [4.69, 9.17) is 14.2 Å². The van der Waals surface area contributed by atoms with Crippen molar-refractivity contribution < 1.29 is 60.7 Å². The summed E-state index contributed by atoms with van der Waals surface area (Å²) >= 11 is 0. The van der Waals surface area contributed by atoms with E-state index in [1.165, 1.54) is 67.5 Å². The van der Waals surface area contributed by atoms with Crippen molar-refractivity contribution in [3.63, 3.8) is 0 Å². The predicted molar refractivity (Wildman–Crippen MR) is 149 cm³/mol. The van der Waals surface area contributed by atoms with Crippen molar-refractivity contribution in [3.05, 3.63) is 39.9 Å². The second kappa shape index (κ2) is 13.2. The summed E-state index contributed by atoms with van der Waals surface area (Å²) in [5.41, 5.74) is -10.1. The number of Topliss-reactive ketones (excluding diaryl/α,β-unsaturated/α-hetero) is 1. The van der Waals surface area contributed by atoms with Crippen molar-refractivity contribution >= 4 is 37.2 Å². The maximum absolute atomic E-state index is 15.6. The number of hydrogen-bond donors (Lipinski definition) is 0. The van der Waals surface area contributed by atoms with Crippen LogP contribution in [0.2, 0.25) is 0 Å². The number of esters is 1. The molecule has 0 radical (unpaired) electrons. The first-order valence-corrected chi connectivity index (χ1v) is 15.1. The Morgan fingerprint density at radius 3 is 1.80 bits per heavy atom. The molecule has 246 valence electrons. The third-order valence-corrected chi connectivity index (χ3v) is 8.01. The average Bonchev–Trinajstić information content (AvgIpc) is 3.61. The maximum atomic E-state index is 15.6. The molecule has 0 N–H and O–H groups in total. The minimum absolute atomic E-state index is 0.118. The first-order valence-electron chi connectivity index (χ1n) is 13.5. The largest absolute Gasteiger partial charge is 0.459 e. The smallest absolute Gasteiger partial charge is 0.420 e. The fourth-order valence-electron chi connectivity index (χ4n) is 4.01. The molecule has 2 rings (SSSR count). The van der Waals surface area contributed by atoms with Crippen LogP contribution in [0.5, 0.6) is 0 Å². The molecule has 1 aliphatic rings. The van der Waals surface area contributed by atoms with E-state index >= 15 is 8.78 Å². The summed E-state index contributed by atoms with van der Waals surface area (Å²) in [6, 6.07) is 4.74. The molecule has 1 fully saturated rings. The van der Waals surface area contributed by atoms with Crippen LogP contribution in [0.15, 0.2) is 24.3 Å². The Morgan fingerprint density at radius 2 is 1.41 bits per heavy atom. The van der Waals surface area contributed by atoms with Crippen LogP contribution in [0.1, 0.15) is 67.4 Å². The summed E-state index contributed by atoms with van der Waals surface area (Å²) in [4.78, 5) is 64.2. The summed E-state index contributed by atoms with van der Waals surface area (Å²) in [6.07, 6.45) is -3.87. The molecule has 0 bridgehead atoms. The Labute approximate surface area is 253 Å². The van der Waals surface area contributed by atoms with Gasteiger partial charge in [-0.3, -0.25) is 19.5 Å². The number of rotatable bonds is 12. The van der Waals surface area contributed by atoms with Crippen LogP contribution in [-0.4, -0.2) is 69.4 Å². The third-order valence-electron chi connectivity index (χ3n) is 5.91. The van der Waals surface area contributed by atoms with E-state index in [2.05, 4.69) is 9.05 Å². The summed E-state index contributed by atoms with van der Waals surface area (Å²) < 4.78 is 69.4. The van der Waals surface area contributed by atoms with Gasteiger partial charge in [0.2, 0.25) is 5.78 Å². The van der Waals surface area contributed by atoms with Crippen molar-refractivity contribution in [2.75, 3.05) is 13.2 Å². The Balaban J connectivity index is 2.64. The van der Waals surface area contributed by atoms with Crippen LogP contribution in [0, 0.1) is 16.0 Å². The Hall–Kier alpha value is -3.49. The van der Waals surface area contributed by atoms with Crippen LogP contribution in [0.3, 0.4) is 0 Å². The van der Waals surface area contributed by atoms with Gasteiger partial charge in [0.15, 0.2) is 5.54 Å². The second-order valence-corrected chi connectivity index (χ2v) is 13.8. The molecule has 0 unspecified atom stereocenters. The molecule has 17 heteroatoms. The molecule has 0 saturated heterocycles. The van der Waals surface area contributed by atoms with Gasteiger partial charge in [-0.05, 0) is 79.5 Å². The summed E-state index contributed by atoms with van der Waals surface area (Å²) in [5.74, 6) is -5.72. The Kier molecular flexibility index (Phi) is 11.0. The van der Waals surface area contributed by atoms with Gasteiger partial charge in [0.05, 0.1) is 24.1 Å². The van der Waals surface area contributed by atoms with Crippen molar-refractivity contribution in [1.82, 2.24) is 4.90 Å². The van der Waals surface area contributed by atoms with Gasteiger partial charge < -0.3 is 23.3 Å². The zero-order chi connectivity index (χ0) is 33.9. The van der Waals surface area contributed by atoms with E-state index in [1.54, 1.807) is 0 Å². The van der Waals surface area contributed by atoms with Gasteiger partial charge in [0.25, 0.3) is 5.69 Å². The van der Waals surface area contributed by atoms with Crippen molar-refractivity contribution in [2.24, 2.45) is 5.92 Å². The quantitative estimate of drug-likeness (QED) is 0.0849. The molecule has 0 aromatic heterocycles. The minimum Gasteiger partial charge on any atom is -0.459 e. The molecular weight excluding hydrogens is 613 g/mol. The van der Waals surface area contributed by atoms with Gasteiger partial charge in [0, 0.05) is 12.1 Å². The highest BCUT2D eigenvalue weighted by Crippen LogP contribution is 2.66. The van der Waals surface area contributed by atoms with Crippen LogP contribution < -0.4 is 0 Å². The maximum Gasteiger partial charge on any atom is 0.420 e. The van der Waals surface area contributed by atoms with Gasteiger partial charge in [-0.1, -0.05) is 0 Å². The molecular formula is C27H37F2N2O12P. The SMILES string of the molecule is CCOP(=O)(OCC)C(F)(F)C(=O)[C@H]1C[C@]1(C(=O)OCc1ccc([N+](=O)[O-])cc1)N(C(=O)OC(C)(C)C)C(=O)OC(C)(C)C. The standard InChI is InChI=1S/C27H37F2N2O12P/c1-9-40-44(38,41-10-2)27(28,29)20(32)19-15-26(19,21(33)39-16-17-11-13-18(14-12-17)31(36)37)30(22(34)42-24(3,4)5)23(35)43-25(6,7)8/h11-14,19H,9-10,15-16H2,1-8H3/t19-,26+/m1/s1. The van der Waals surface area contributed by atoms with Crippen LogP contribution in [0.4, 0.5) is 24.1 Å². The van der Waals surface area contributed by atoms with Crippen molar-refractivity contribution in [3.8, 4) is 0 Å². The lowest BCUT2D eigenvalue weighted by molar-refractivity contribution is -0.384. The molecule has 1 aromatic carbocycles. The van der Waals surface area contributed by atoms with Crippen LogP contribution in [0.25, 0.3) is 0 Å². The number of imide groups is 1. The number of nitro benzene ring substituents is 1. The first kappa shape index (κ1) is 36.7. The van der Waals surface area contributed by atoms with Crippen LogP contribution in [-0.2, 0) is 44.0 Å². The predicted octanol–water partition coefficient (Wildman–Crippen LogP) is 6.00. The van der Waals surface area contributed by atoms with Gasteiger partial charge >= 0.3 is 31.4 Å². The molecule has 0 spiro atoms. The van der Waals surface area contributed by atoms with Gasteiger partial charge in [-0.2, -0.15) is 13.7 Å². The summed E-state index contributed by atoms with van der Waals surface area (Å²) in [5, 5.41) is 10.9. The number of nitro groups is 1. The number of amides is 2. The first-order chi connectivity index (χ1) is 20.1. The number of non-ortho nitro benzene ring substituents is 1. The Bertz CT molecular complexity index is 1290. The lowest BCUT2D eigenvalue weighted by Crippen LogP contribution is -2.56. The highest BCUT2D eigenvalue weighted by atomic mass is 31.2. The van der Waals surface area contributed by atoms with E-state index in [1.807, 2.05) is 0 Å². The van der Waals surface area contributed by atoms with Gasteiger partial charge in [-0.15, -0.1) is 0 Å². The third kappa shape index (κ3) is 8.16. The normalized spacial score (nSPS) is 18.6. The lowest BCUT2D eigenvalue weighted by Gasteiger charge is -2.33. The number of alkyl halides is 2. The summed E-state index contributed by atoms with van der Waals surface area (Å²) in [7, 11) is -5.44. The molecule has 0 heterocycles. The van der Waals surface area contributed by atoms with E-state index < -0.39 is 91.0 Å². The van der Waals surface area contributed by atoms with E-state index in [9.17, 15) is 33.9 Å². The molecule has 1 saturated carbocycles. The van der Waals surface area contributed by atoms with Gasteiger partial charge in [-0.25, -0.2) is 14.4 Å². The number of hydrogen-bond acceptors (Lipinski definition) is 12. The molecule has 0 aliphatic heterocycles. The zero-order valence-corrected chi connectivity index (χ0v) is 26.6. The number of nitrogens with zero attached hydrogens (tertiary/aromatic N) is 2. The molecule has 2 atom stereocenters. The monoisotopic (exact) mass is 650 g/mol. The van der Waals surface area contributed by atoms with Gasteiger partial charge in [0.1, 0.15) is 17.8 Å². The van der Waals surface area contributed by atoms with Crippen LogP contribution >= 0.6 is 7.60 Å². The number of benzene rings is 1. The zero-order valence-electron chi connectivity index (χ0n) is 25.7. The molecule has 44 heavy (non-hydrogen) atoms.